The lowest BCUT2D eigenvalue weighted by Crippen LogP contribution is -2.40. The lowest BCUT2D eigenvalue weighted by atomic mass is 10.2. The van der Waals surface area contributed by atoms with Crippen molar-refractivity contribution in [1.29, 1.82) is 0 Å². The third kappa shape index (κ3) is 4.46. The quantitative estimate of drug-likeness (QED) is 0.519. The van der Waals surface area contributed by atoms with E-state index in [4.69, 9.17) is 9.72 Å². The molecule has 0 saturated carbocycles. The van der Waals surface area contributed by atoms with E-state index >= 15 is 0 Å². The highest BCUT2D eigenvalue weighted by molar-refractivity contribution is 7.99. The zero-order chi connectivity index (χ0) is 21.0. The van der Waals surface area contributed by atoms with Gasteiger partial charge in [0.2, 0.25) is 10.0 Å². The summed E-state index contributed by atoms with van der Waals surface area (Å²) < 4.78 is 34.8. The van der Waals surface area contributed by atoms with Crippen LogP contribution in [0.25, 0.3) is 17.1 Å². The van der Waals surface area contributed by atoms with Gasteiger partial charge in [-0.3, -0.25) is 0 Å². The Morgan fingerprint density at radius 3 is 2.63 bits per heavy atom. The number of hydrogen-bond acceptors (Lipinski definition) is 5. The van der Waals surface area contributed by atoms with E-state index in [2.05, 4.69) is 35.8 Å². The molecule has 0 spiro atoms. The van der Waals surface area contributed by atoms with Gasteiger partial charge in [-0.05, 0) is 30.7 Å². The summed E-state index contributed by atoms with van der Waals surface area (Å²) >= 11 is 1.65. The van der Waals surface area contributed by atoms with Gasteiger partial charge >= 0.3 is 0 Å². The van der Waals surface area contributed by atoms with Gasteiger partial charge in [-0.25, -0.2) is 13.4 Å². The Morgan fingerprint density at radius 1 is 1.13 bits per heavy atom. The molecule has 1 aromatic heterocycles. The van der Waals surface area contributed by atoms with Gasteiger partial charge in [0, 0.05) is 25.4 Å². The van der Waals surface area contributed by atoms with Crippen LogP contribution in [0.2, 0.25) is 0 Å². The summed E-state index contributed by atoms with van der Waals surface area (Å²) in [5.74, 6) is 0.789. The van der Waals surface area contributed by atoms with E-state index in [1.165, 1.54) is 9.87 Å². The largest absolute Gasteiger partial charge is 0.379 e. The third-order valence-electron chi connectivity index (χ3n) is 5.03. The smallest absolute Gasteiger partial charge is 0.243 e. The highest BCUT2D eigenvalue weighted by atomic mass is 32.2. The molecule has 0 N–H and O–H groups in total. The number of imidazole rings is 1. The Hall–Kier alpha value is -2.13. The fourth-order valence-corrected chi connectivity index (χ4v) is 5.79. The summed E-state index contributed by atoms with van der Waals surface area (Å²) in [6.45, 7) is 4.49. The van der Waals surface area contributed by atoms with Crippen molar-refractivity contribution in [3.63, 3.8) is 0 Å². The molecule has 8 heteroatoms. The molecule has 0 radical (unpaired) electrons. The maximum atomic E-state index is 13.0. The number of nitrogens with zero attached hydrogens (tertiary/aromatic N) is 3. The van der Waals surface area contributed by atoms with E-state index < -0.39 is 10.0 Å². The van der Waals surface area contributed by atoms with Gasteiger partial charge in [0.1, 0.15) is 0 Å². The van der Waals surface area contributed by atoms with Crippen molar-refractivity contribution in [1.82, 2.24) is 13.9 Å². The third-order valence-corrected chi connectivity index (χ3v) is 7.85. The number of rotatable bonds is 7. The number of aromatic nitrogens is 2. The first-order valence-electron chi connectivity index (χ1n) is 10.0. The van der Waals surface area contributed by atoms with Crippen LogP contribution >= 0.6 is 11.8 Å². The molecular weight excluding hydrogens is 418 g/mol. The SMILES string of the molecule is CCn1c(SC/C=C/c2ccccc2)nc2cc(S(=O)(=O)N3CCOCC3)ccc21. The molecule has 1 aliphatic heterocycles. The summed E-state index contributed by atoms with van der Waals surface area (Å²) in [7, 11) is -3.53. The molecule has 1 fully saturated rings. The van der Waals surface area contributed by atoms with E-state index in [0.29, 0.717) is 31.8 Å². The zero-order valence-electron chi connectivity index (χ0n) is 16.9. The Bertz CT molecular complexity index is 1140. The van der Waals surface area contributed by atoms with Crippen molar-refractivity contribution in [2.75, 3.05) is 32.1 Å². The number of sulfonamides is 1. The maximum absolute atomic E-state index is 13.0. The predicted octanol–water partition coefficient (Wildman–Crippen LogP) is 3.88. The normalized spacial score (nSPS) is 15.9. The van der Waals surface area contributed by atoms with Gasteiger partial charge in [-0.2, -0.15) is 4.31 Å². The fraction of sp³-hybridized carbons (Fsp3) is 0.318. The highest BCUT2D eigenvalue weighted by Crippen LogP contribution is 2.27. The van der Waals surface area contributed by atoms with Gasteiger partial charge in [-0.15, -0.1) is 0 Å². The van der Waals surface area contributed by atoms with Crippen molar-refractivity contribution in [2.24, 2.45) is 0 Å². The summed E-state index contributed by atoms with van der Waals surface area (Å²) in [6.07, 6.45) is 4.21. The van der Waals surface area contributed by atoms with Gasteiger partial charge in [0.05, 0.1) is 29.1 Å². The molecule has 1 aliphatic rings. The molecule has 158 valence electrons. The van der Waals surface area contributed by atoms with E-state index in [9.17, 15) is 8.42 Å². The highest BCUT2D eigenvalue weighted by Gasteiger charge is 2.27. The van der Waals surface area contributed by atoms with Crippen molar-refractivity contribution >= 4 is 38.9 Å². The number of aryl methyl sites for hydroxylation is 1. The monoisotopic (exact) mass is 443 g/mol. The number of benzene rings is 2. The minimum absolute atomic E-state index is 0.290. The molecule has 0 bridgehead atoms. The maximum Gasteiger partial charge on any atom is 0.243 e. The first kappa shape index (κ1) is 21.1. The Labute approximate surface area is 181 Å². The summed E-state index contributed by atoms with van der Waals surface area (Å²) in [5, 5.41) is 0.895. The fourth-order valence-electron chi connectivity index (χ4n) is 3.47. The minimum Gasteiger partial charge on any atom is -0.379 e. The molecule has 0 aliphatic carbocycles. The number of hydrogen-bond donors (Lipinski definition) is 0. The molecule has 4 rings (SSSR count). The van der Waals surface area contributed by atoms with Crippen molar-refractivity contribution in [3.8, 4) is 0 Å². The molecule has 30 heavy (non-hydrogen) atoms. The van der Waals surface area contributed by atoms with Gasteiger partial charge in [0.25, 0.3) is 0 Å². The van der Waals surface area contributed by atoms with Crippen LogP contribution in [0.1, 0.15) is 12.5 Å². The van der Waals surface area contributed by atoms with Crippen LogP contribution in [0.5, 0.6) is 0 Å². The predicted molar refractivity (Wildman–Crippen MR) is 121 cm³/mol. The first-order valence-corrected chi connectivity index (χ1v) is 12.4. The molecule has 3 aromatic rings. The first-order chi connectivity index (χ1) is 14.6. The van der Waals surface area contributed by atoms with Crippen LogP contribution in [-0.2, 0) is 21.3 Å². The number of morpholine rings is 1. The van der Waals surface area contributed by atoms with Crippen molar-refractivity contribution in [2.45, 2.75) is 23.5 Å². The molecule has 0 amide bonds. The van der Waals surface area contributed by atoms with E-state index in [0.717, 1.165) is 23.0 Å². The standard InChI is InChI=1S/C22H25N3O3S2/c1-2-25-21-11-10-19(30(26,27)24-12-14-28-15-13-24)17-20(21)23-22(25)29-16-6-9-18-7-4-3-5-8-18/h3-11,17H,2,12-16H2,1H3/b9-6+. The Balaban J connectivity index is 1.55. The number of fused-ring (bicyclic) bond motifs is 1. The molecule has 1 saturated heterocycles. The summed E-state index contributed by atoms with van der Waals surface area (Å²) in [5.41, 5.74) is 2.83. The number of ether oxygens (including phenoxy) is 1. The molecule has 0 unspecified atom stereocenters. The topological polar surface area (TPSA) is 64.4 Å². The molecular formula is C22H25N3O3S2. The van der Waals surface area contributed by atoms with Crippen molar-refractivity contribution < 1.29 is 13.2 Å². The average molecular weight is 444 g/mol. The van der Waals surface area contributed by atoms with Gasteiger partial charge < -0.3 is 9.30 Å². The van der Waals surface area contributed by atoms with Crippen LogP contribution in [0.3, 0.4) is 0 Å². The van der Waals surface area contributed by atoms with Crippen LogP contribution in [0, 0.1) is 0 Å². The molecule has 2 heterocycles. The van der Waals surface area contributed by atoms with Crippen LogP contribution in [-0.4, -0.2) is 54.3 Å². The molecule has 0 atom stereocenters. The molecule has 6 nitrogen and oxygen atoms in total. The zero-order valence-corrected chi connectivity index (χ0v) is 18.5. The van der Waals surface area contributed by atoms with Crippen molar-refractivity contribution in [3.05, 3.63) is 60.2 Å². The average Bonchev–Trinajstić information content (AvgIpc) is 3.14. The number of thioether (sulfide) groups is 1. The Kier molecular flexibility index (Phi) is 6.58. The molecule has 2 aromatic carbocycles. The van der Waals surface area contributed by atoms with Gasteiger partial charge in [0.15, 0.2) is 5.16 Å². The summed E-state index contributed by atoms with van der Waals surface area (Å²) in [4.78, 5) is 5.02. The van der Waals surface area contributed by atoms with E-state index in [1.807, 2.05) is 24.3 Å². The van der Waals surface area contributed by atoms with Gasteiger partial charge in [-0.1, -0.05) is 54.2 Å². The van der Waals surface area contributed by atoms with Crippen LogP contribution in [0.15, 0.2) is 64.7 Å². The second-order valence-corrected chi connectivity index (χ2v) is 9.85. The van der Waals surface area contributed by atoms with E-state index in [-0.39, 0.29) is 4.90 Å². The lowest BCUT2D eigenvalue weighted by molar-refractivity contribution is 0.0730. The minimum atomic E-state index is -3.53. The van der Waals surface area contributed by atoms with Crippen LogP contribution in [0.4, 0.5) is 0 Å². The second kappa shape index (κ2) is 9.34. The second-order valence-electron chi connectivity index (χ2n) is 6.93. The Morgan fingerprint density at radius 2 is 1.90 bits per heavy atom. The summed E-state index contributed by atoms with van der Waals surface area (Å²) in [6, 6.07) is 15.4. The van der Waals surface area contributed by atoms with E-state index in [1.54, 1.807) is 23.9 Å². The lowest BCUT2D eigenvalue weighted by Gasteiger charge is -2.26. The van der Waals surface area contributed by atoms with Crippen LogP contribution < -0.4 is 0 Å².